The van der Waals surface area contributed by atoms with Crippen molar-refractivity contribution in [2.75, 3.05) is 0 Å². The number of ether oxygens (including phenoxy) is 1. The van der Waals surface area contributed by atoms with E-state index in [4.69, 9.17) is 4.74 Å². The zero-order valence-electron chi connectivity index (χ0n) is 9.21. The molecule has 84 valence electrons. The summed E-state index contributed by atoms with van der Waals surface area (Å²) in [7, 11) is 1.80. The molecular weight excluding hydrogens is 206 g/mol. The number of nitrogens with zero attached hydrogens (tertiary/aromatic N) is 3. The zero-order valence-corrected chi connectivity index (χ0v) is 9.21. The average Bonchev–Trinajstić information content (AvgIpc) is 2.60. The summed E-state index contributed by atoms with van der Waals surface area (Å²) >= 11 is 0. The standard InChI is InChI=1S/C11H13N3O2/c1-8-3-10(15)5-11(4-8)16-7-9-6-14(2)13-12-9/h3-6,15H,7H2,1-2H3. The van der Waals surface area contributed by atoms with Crippen LogP contribution in [0, 0.1) is 6.92 Å². The molecule has 0 unspecified atom stereocenters. The summed E-state index contributed by atoms with van der Waals surface area (Å²) in [6.07, 6.45) is 1.79. The number of rotatable bonds is 3. The summed E-state index contributed by atoms with van der Waals surface area (Å²) < 4.78 is 7.11. The van der Waals surface area contributed by atoms with Crippen molar-refractivity contribution >= 4 is 0 Å². The van der Waals surface area contributed by atoms with Crippen molar-refractivity contribution in [2.45, 2.75) is 13.5 Å². The fourth-order valence-corrected chi connectivity index (χ4v) is 1.43. The number of phenols is 1. The number of phenolic OH excluding ortho intramolecular Hbond substituents is 1. The van der Waals surface area contributed by atoms with Crippen molar-refractivity contribution < 1.29 is 9.84 Å². The SMILES string of the molecule is Cc1cc(O)cc(OCc2cn(C)nn2)c1. The van der Waals surface area contributed by atoms with E-state index in [-0.39, 0.29) is 5.75 Å². The van der Waals surface area contributed by atoms with Gasteiger partial charge in [-0.15, -0.1) is 5.10 Å². The maximum Gasteiger partial charge on any atom is 0.134 e. The molecular formula is C11H13N3O2. The molecule has 0 aliphatic heterocycles. The highest BCUT2D eigenvalue weighted by Gasteiger charge is 2.01. The van der Waals surface area contributed by atoms with Gasteiger partial charge in [0.05, 0.1) is 6.20 Å². The molecule has 2 rings (SSSR count). The van der Waals surface area contributed by atoms with Crippen molar-refractivity contribution in [3.63, 3.8) is 0 Å². The number of aromatic hydroxyl groups is 1. The molecule has 5 heteroatoms. The van der Waals surface area contributed by atoms with E-state index < -0.39 is 0 Å². The Kier molecular flexibility index (Phi) is 2.76. The molecule has 0 aliphatic carbocycles. The third kappa shape index (κ3) is 2.50. The molecule has 0 fully saturated rings. The first-order chi connectivity index (χ1) is 7.63. The minimum absolute atomic E-state index is 0.203. The van der Waals surface area contributed by atoms with Crippen molar-refractivity contribution in [1.82, 2.24) is 15.0 Å². The predicted octanol–water partition coefficient (Wildman–Crippen LogP) is 1.41. The number of aromatic nitrogens is 3. The normalized spacial score (nSPS) is 10.4. The van der Waals surface area contributed by atoms with Crippen LogP contribution in [0.1, 0.15) is 11.3 Å². The van der Waals surface area contributed by atoms with Crippen molar-refractivity contribution in [3.05, 3.63) is 35.7 Å². The summed E-state index contributed by atoms with van der Waals surface area (Å²) in [4.78, 5) is 0. The van der Waals surface area contributed by atoms with Crippen molar-refractivity contribution in [1.29, 1.82) is 0 Å². The molecule has 0 aliphatic rings. The van der Waals surface area contributed by atoms with E-state index in [0.717, 1.165) is 11.3 Å². The van der Waals surface area contributed by atoms with Crippen LogP contribution in [0.4, 0.5) is 0 Å². The smallest absolute Gasteiger partial charge is 0.134 e. The van der Waals surface area contributed by atoms with Crippen LogP contribution >= 0.6 is 0 Å². The Balaban J connectivity index is 2.04. The second-order valence-corrected chi connectivity index (χ2v) is 3.68. The molecule has 0 saturated carbocycles. The Labute approximate surface area is 93.3 Å². The first kappa shape index (κ1) is 10.5. The summed E-state index contributed by atoms with van der Waals surface area (Å²) in [5, 5.41) is 17.1. The highest BCUT2D eigenvalue weighted by Crippen LogP contribution is 2.21. The van der Waals surface area contributed by atoms with Gasteiger partial charge in [0, 0.05) is 13.1 Å². The highest BCUT2D eigenvalue weighted by molar-refractivity contribution is 5.36. The van der Waals surface area contributed by atoms with Crippen LogP contribution in [0.2, 0.25) is 0 Å². The van der Waals surface area contributed by atoms with Gasteiger partial charge in [-0.3, -0.25) is 4.68 Å². The Morgan fingerprint density at radius 1 is 1.38 bits per heavy atom. The van der Waals surface area contributed by atoms with E-state index in [0.29, 0.717) is 12.4 Å². The second kappa shape index (κ2) is 4.22. The molecule has 0 radical (unpaired) electrons. The van der Waals surface area contributed by atoms with Crippen LogP contribution in [-0.2, 0) is 13.7 Å². The third-order valence-electron chi connectivity index (χ3n) is 2.07. The molecule has 0 saturated heterocycles. The van der Waals surface area contributed by atoms with E-state index in [9.17, 15) is 5.11 Å². The largest absolute Gasteiger partial charge is 0.508 e. The molecule has 0 spiro atoms. The minimum atomic E-state index is 0.203. The average molecular weight is 219 g/mol. The number of benzene rings is 1. The van der Waals surface area contributed by atoms with Crippen LogP contribution < -0.4 is 4.74 Å². The maximum atomic E-state index is 9.38. The van der Waals surface area contributed by atoms with Gasteiger partial charge in [0.2, 0.25) is 0 Å². The molecule has 2 aromatic rings. The fraction of sp³-hybridized carbons (Fsp3) is 0.273. The lowest BCUT2D eigenvalue weighted by Crippen LogP contribution is -1.96. The van der Waals surface area contributed by atoms with Gasteiger partial charge in [-0.25, -0.2) is 0 Å². The number of hydrogen-bond acceptors (Lipinski definition) is 4. The van der Waals surface area contributed by atoms with Gasteiger partial charge in [-0.2, -0.15) is 0 Å². The fourth-order valence-electron chi connectivity index (χ4n) is 1.43. The molecule has 0 bridgehead atoms. The molecule has 1 heterocycles. The quantitative estimate of drug-likeness (QED) is 0.847. The molecule has 1 N–H and O–H groups in total. The van der Waals surface area contributed by atoms with Crippen LogP contribution in [0.15, 0.2) is 24.4 Å². The van der Waals surface area contributed by atoms with Gasteiger partial charge in [0.15, 0.2) is 0 Å². The van der Waals surface area contributed by atoms with Gasteiger partial charge in [0.25, 0.3) is 0 Å². The second-order valence-electron chi connectivity index (χ2n) is 3.68. The lowest BCUT2D eigenvalue weighted by molar-refractivity contribution is 0.299. The monoisotopic (exact) mass is 219 g/mol. The lowest BCUT2D eigenvalue weighted by atomic mass is 10.2. The molecule has 1 aromatic carbocycles. The van der Waals surface area contributed by atoms with E-state index in [2.05, 4.69) is 10.3 Å². The zero-order chi connectivity index (χ0) is 11.5. The highest BCUT2D eigenvalue weighted by atomic mass is 16.5. The Morgan fingerprint density at radius 2 is 2.19 bits per heavy atom. The molecule has 0 atom stereocenters. The first-order valence-corrected chi connectivity index (χ1v) is 4.92. The maximum absolute atomic E-state index is 9.38. The van der Waals surface area contributed by atoms with E-state index in [1.165, 1.54) is 0 Å². The summed E-state index contributed by atoms with van der Waals surface area (Å²) in [6.45, 7) is 2.24. The van der Waals surface area contributed by atoms with Crippen LogP contribution in [0.3, 0.4) is 0 Å². The molecule has 1 aromatic heterocycles. The molecule has 16 heavy (non-hydrogen) atoms. The molecule has 0 amide bonds. The van der Waals surface area contributed by atoms with Crippen LogP contribution in [0.5, 0.6) is 11.5 Å². The van der Waals surface area contributed by atoms with E-state index >= 15 is 0 Å². The summed E-state index contributed by atoms with van der Waals surface area (Å²) in [5.74, 6) is 0.831. The van der Waals surface area contributed by atoms with Crippen molar-refractivity contribution in [2.24, 2.45) is 7.05 Å². The topological polar surface area (TPSA) is 60.2 Å². The summed E-state index contributed by atoms with van der Waals surface area (Å²) in [6, 6.07) is 5.11. The van der Waals surface area contributed by atoms with Crippen LogP contribution in [-0.4, -0.2) is 20.1 Å². The van der Waals surface area contributed by atoms with Gasteiger partial charge in [-0.1, -0.05) is 5.21 Å². The lowest BCUT2D eigenvalue weighted by Gasteiger charge is -2.05. The Bertz CT molecular complexity index is 473. The Morgan fingerprint density at radius 3 is 2.81 bits per heavy atom. The van der Waals surface area contributed by atoms with E-state index in [1.807, 2.05) is 13.0 Å². The van der Waals surface area contributed by atoms with Crippen LogP contribution in [0.25, 0.3) is 0 Å². The van der Waals surface area contributed by atoms with Gasteiger partial charge in [0.1, 0.15) is 23.8 Å². The predicted molar refractivity (Wildman–Crippen MR) is 58.2 cm³/mol. The van der Waals surface area contributed by atoms with Gasteiger partial charge < -0.3 is 9.84 Å². The first-order valence-electron chi connectivity index (χ1n) is 4.92. The third-order valence-corrected chi connectivity index (χ3v) is 2.07. The van der Waals surface area contributed by atoms with Crippen molar-refractivity contribution in [3.8, 4) is 11.5 Å². The molecule has 5 nitrogen and oxygen atoms in total. The van der Waals surface area contributed by atoms with E-state index in [1.54, 1.807) is 30.1 Å². The van der Waals surface area contributed by atoms with Gasteiger partial charge >= 0.3 is 0 Å². The Hall–Kier alpha value is -2.04. The number of hydrogen-bond donors (Lipinski definition) is 1. The summed E-state index contributed by atoms with van der Waals surface area (Å²) in [5.41, 5.74) is 1.71. The number of aryl methyl sites for hydroxylation is 2. The van der Waals surface area contributed by atoms with Gasteiger partial charge in [-0.05, 0) is 24.6 Å². The minimum Gasteiger partial charge on any atom is -0.508 e.